The number of fused-ring (bicyclic) bond motifs is 3. The predicted molar refractivity (Wildman–Crippen MR) is 193 cm³/mol. The number of carbonyl (C=O) groups excluding carboxylic acids is 2. The topological polar surface area (TPSA) is 136 Å². The van der Waals surface area contributed by atoms with Crippen LogP contribution in [0.15, 0.2) is 131 Å². The van der Waals surface area contributed by atoms with Crippen LogP contribution in [0.3, 0.4) is 0 Å². The second-order valence-corrected chi connectivity index (χ2v) is 11.9. The van der Waals surface area contributed by atoms with Crippen molar-refractivity contribution in [3.63, 3.8) is 0 Å². The number of nitrogens with one attached hydrogen (secondary N) is 2. The molecule has 0 aliphatic carbocycles. The lowest BCUT2D eigenvalue weighted by molar-refractivity contribution is 0.0642. The summed E-state index contributed by atoms with van der Waals surface area (Å²) in [6.45, 7) is 2.04. The number of anilines is 1. The van der Waals surface area contributed by atoms with E-state index in [9.17, 15) is 14.4 Å². The predicted octanol–water partition coefficient (Wildman–Crippen LogP) is 7.05. The third-order valence-corrected chi connectivity index (χ3v) is 8.61. The molecule has 0 saturated carbocycles. The van der Waals surface area contributed by atoms with Gasteiger partial charge in [-0.3, -0.25) is 9.59 Å². The highest BCUT2D eigenvalue weighted by Gasteiger charge is 2.19. The van der Waals surface area contributed by atoms with Crippen molar-refractivity contribution in [3.05, 3.63) is 143 Å². The van der Waals surface area contributed by atoms with Gasteiger partial charge in [0.05, 0.1) is 5.69 Å². The molecule has 1 aliphatic rings. The Kier molecular flexibility index (Phi) is 9.61. The van der Waals surface area contributed by atoms with E-state index in [0.717, 1.165) is 53.2 Å². The van der Waals surface area contributed by atoms with Gasteiger partial charge in [-0.1, -0.05) is 72.8 Å². The molecule has 10 heteroatoms. The second-order valence-electron chi connectivity index (χ2n) is 11.9. The van der Waals surface area contributed by atoms with Crippen LogP contribution >= 0.6 is 0 Å². The zero-order chi connectivity index (χ0) is 34.3. The molecule has 0 spiro atoms. The van der Waals surface area contributed by atoms with E-state index in [1.807, 2.05) is 78.9 Å². The number of ether oxygens (including phenoxy) is 1. The van der Waals surface area contributed by atoms with Crippen molar-refractivity contribution in [2.24, 2.45) is 5.92 Å². The minimum atomic E-state index is -0.469. The van der Waals surface area contributed by atoms with Crippen LogP contribution in [0, 0.1) is 5.92 Å². The number of pyridine rings is 2. The van der Waals surface area contributed by atoms with Gasteiger partial charge in [-0.2, -0.15) is 0 Å². The van der Waals surface area contributed by atoms with Gasteiger partial charge in [-0.05, 0) is 76.7 Å². The largest absolute Gasteiger partial charge is 0.402 e. The molecular formula is C40H33N5O5. The number of aromatic nitrogens is 3. The lowest BCUT2D eigenvalue weighted by Crippen LogP contribution is -2.33. The lowest BCUT2D eigenvalue weighted by Gasteiger charge is -2.22. The summed E-state index contributed by atoms with van der Waals surface area (Å²) < 4.78 is 10.7. The first-order chi connectivity index (χ1) is 24.5. The zero-order valence-electron chi connectivity index (χ0n) is 27.0. The molecule has 0 bridgehead atoms. The maximum Gasteiger partial charge on any atom is 0.365 e. The summed E-state index contributed by atoms with van der Waals surface area (Å²) in [7, 11) is 0. The van der Waals surface area contributed by atoms with Gasteiger partial charge >= 0.3 is 5.63 Å². The van der Waals surface area contributed by atoms with E-state index in [2.05, 4.69) is 25.6 Å². The SMILES string of the molecule is O=C(NCC1CCOCC1)c1ncccc1NC(=O)c1cccc2ccccc12.O=c1oc(-c2cccc3ccccc23)nc2cccnc12. The Balaban J connectivity index is 0.000000165. The molecule has 4 heterocycles. The van der Waals surface area contributed by atoms with Crippen molar-refractivity contribution < 1.29 is 18.7 Å². The maximum atomic E-state index is 12.9. The van der Waals surface area contributed by atoms with E-state index in [-0.39, 0.29) is 23.0 Å². The minimum absolute atomic E-state index is 0.216. The molecule has 10 nitrogen and oxygen atoms in total. The molecule has 1 fully saturated rings. The Bertz CT molecular complexity index is 2370. The first kappa shape index (κ1) is 32.3. The zero-order valence-corrected chi connectivity index (χ0v) is 27.0. The molecule has 50 heavy (non-hydrogen) atoms. The average Bonchev–Trinajstić information content (AvgIpc) is 3.17. The van der Waals surface area contributed by atoms with Gasteiger partial charge in [0.2, 0.25) is 5.89 Å². The molecule has 1 aliphatic heterocycles. The number of rotatable bonds is 6. The molecule has 0 radical (unpaired) electrons. The van der Waals surface area contributed by atoms with Crippen LogP contribution in [0.5, 0.6) is 0 Å². The fourth-order valence-electron chi connectivity index (χ4n) is 6.01. The fourth-order valence-corrected chi connectivity index (χ4v) is 6.01. The summed E-state index contributed by atoms with van der Waals surface area (Å²) in [5.74, 6) is 0.168. The number of benzene rings is 4. The van der Waals surface area contributed by atoms with Crippen molar-refractivity contribution in [1.82, 2.24) is 20.3 Å². The summed E-state index contributed by atoms with van der Waals surface area (Å²) in [5.41, 5.74) is 2.29. The molecule has 1 saturated heterocycles. The monoisotopic (exact) mass is 663 g/mol. The van der Waals surface area contributed by atoms with Gasteiger partial charge in [0.15, 0.2) is 11.2 Å². The molecule has 4 aromatic carbocycles. The summed E-state index contributed by atoms with van der Waals surface area (Å²) in [4.78, 5) is 50.3. The van der Waals surface area contributed by atoms with Gasteiger partial charge in [-0.15, -0.1) is 0 Å². The molecule has 0 unspecified atom stereocenters. The van der Waals surface area contributed by atoms with Gasteiger partial charge in [0, 0.05) is 43.3 Å². The van der Waals surface area contributed by atoms with Gasteiger partial charge in [0.25, 0.3) is 11.8 Å². The van der Waals surface area contributed by atoms with E-state index in [4.69, 9.17) is 9.15 Å². The quantitative estimate of drug-likeness (QED) is 0.193. The second kappa shape index (κ2) is 14.9. The highest BCUT2D eigenvalue weighted by Crippen LogP contribution is 2.27. The molecular weight excluding hydrogens is 630 g/mol. The normalized spacial score (nSPS) is 13.0. The number of hydrogen-bond donors (Lipinski definition) is 2. The number of hydrogen-bond acceptors (Lipinski definition) is 8. The maximum absolute atomic E-state index is 12.9. The Morgan fingerprint density at radius 3 is 2.22 bits per heavy atom. The Hall–Kier alpha value is -6.26. The van der Waals surface area contributed by atoms with Gasteiger partial charge in [0.1, 0.15) is 5.52 Å². The van der Waals surface area contributed by atoms with Crippen molar-refractivity contribution in [3.8, 4) is 11.5 Å². The number of nitrogens with zero attached hydrogens (tertiary/aromatic N) is 3. The van der Waals surface area contributed by atoms with Crippen molar-refractivity contribution in [2.75, 3.05) is 25.1 Å². The van der Waals surface area contributed by atoms with Crippen LogP contribution < -0.4 is 16.3 Å². The molecule has 2 N–H and O–H groups in total. The highest BCUT2D eigenvalue weighted by atomic mass is 16.5. The van der Waals surface area contributed by atoms with Crippen LogP contribution in [0.25, 0.3) is 44.0 Å². The van der Waals surface area contributed by atoms with Gasteiger partial charge < -0.3 is 19.8 Å². The first-order valence-corrected chi connectivity index (χ1v) is 16.4. The Morgan fingerprint density at radius 1 is 0.720 bits per heavy atom. The fraction of sp³-hybridized carbons (Fsp3) is 0.150. The lowest BCUT2D eigenvalue weighted by atomic mass is 10.0. The van der Waals surface area contributed by atoms with Crippen LogP contribution in [0.1, 0.15) is 33.7 Å². The van der Waals surface area contributed by atoms with E-state index >= 15 is 0 Å². The molecule has 8 rings (SSSR count). The number of amides is 2. The Labute approximate surface area is 287 Å². The standard InChI is InChI=1S/C23H23N3O3.C17H10N2O2/c27-22(19-8-3-6-17-5-1-2-7-18(17)19)26-20-9-4-12-24-21(20)23(28)25-15-16-10-13-29-14-11-16;20-17-15-14(9-4-10-18-15)19-16(21-17)13-8-3-6-11-5-1-2-7-12(11)13/h1-9,12,16H,10-11,13-15H2,(H,25,28)(H,26,27);1-10H. The van der Waals surface area contributed by atoms with Crippen LogP contribution in [-0.2, 0) is 4.74 Å². The summed E-state index contributed by atoms with van der Waals surface area (Å²) in [5, 5.41) is 9.72. The molecule has 2 amide bonds. The third kappa shape index (κ3) is 7.11. The summed E-state index contributed by atoms with van der Waals surface area (Å²) in [6.07, 6.45) is 4.98. The molecule has 0 atom stereocenters. The van der Waals surface area contributed by atoms with Crippen LogP contribution in [-0.4, -0.2) is 46.5 Å². The summed E-state index contributed by atoms with van der Waals surface area (Å²) in [6, 6.07) is 34.0. The van der Waals surface area contributed by atoms with E-state index in [1.165, 1.54) is 0 Å². The molecule has 7 aromatic rings. The van der Waals surface area contributed by atoms with Crippen LogP contribution in [0.2, 0.25) is 0 Å². The van der Waals surface area contributed by atoms with Crippen molar-refractivity contribution >= 4 is 50.1 Å². The first-order valence-electron chi connectivity index (χ1n) is 16.4. The van der Waals surface area contributed by atoms with Crippen molar-refractivity contribution in [2.45, 2.75) is 12.8 Å². The average molecular weight is 664 g/mol. The van der Waals surface area contributed by atoms with E-state index < -0.39 is 5.63 Å². The van der Waals surface area contributed by atoms with E-state index in [1.54, 1.807) is 42.7 Å². The minimum Gasteiger partial charge on any atom is -0.402 e. The number of carbonyl (C=O) groups is 2. The highest BCUT2D eigenvalue weighted by molar-refractivity contribution is 6.14. The van der Waals surface area contributed by atoms with Crippen LogP contribution in [0.4, 0.5) is 5.69 Å². The van der Waals surface area contributed by atoms with E-state index in [0.29, 0.717) is 35.1 Å². The Morgan fingerprint density at radius 2 is 1.40 bits per heavy atom. The van der Waals surface area contributed by atoms with Crippen molar-refractivity contribution in [1.29, 1.82) is 0 Å². The molecule has 248 valence electrons. The smallest absolute Gasteiger partial charge is 0.365 e. The molecule has 3 aromatic heterocycles. The van der Waals surface area contributed by atoms with Gasteiger partial charge in [-0.25, -0.2) is 19.7 Å². The third-order valence-electron chi connectivity index (χ3n) is 8.61. The summed E-state index contributed by atoms with van der Waals surface area (Å²) >= 11 is 0.